The van der Waals surface area contributed by atoms with Crippen molar-refractivity contribution in [2.75, 3.05) is 6.54 Å². The number of benzene rings is 1. The number of allylic oxidation sites excluding steroid dienone is 3. The molecule has 1 saturated heterocycles. The van der Waals surface area contributed by atoms with E-state index in [1.807, 2.05) is 33.8 Å². The molecule has 40 heavy (non-hydrogen) atoms. The van der Waals surface area contributed by atoms with Gasteiger partial charge in [-0.3, -0.25) is 14.4 Å². The molecule has 2 heterocycles. The van der Waals surface area contributed by atoms with E-state index in [1.165, 1.54) is 6.08 Å². The molecule has 1 fully saturated rings. The zero-order valence-corrected chi connectivity index (χ0v) is 24.0. The summed E-state index contributed by atoms with van der Waals surface area (Å²) in [6.45, 7) is 10.6. The molecule has 1 aliphatic heterocycles. The number of nitrogens with one attached hydrogen (secondary N) is 2. The van der Waals surface area contributed by atoms with Crippen LogP contribution in [0.2, 0.25) is 0 Å². The number of rotatable bonds is 7. The van der Waals surface area contributed by atoms with E-state index in [1.54, 1.807) is 49.1 Å². The Hall–Kier alpha value is -3.59. The Labute approximate surface area is 234 Å². The van der Waals surface area contributed by atoms with Gasteiger partial charge in [0.2, 0.25) is 5.91 Å². The number of carbonyl (C=O) groups excluding carboxylic acids is 2. The first kappa shape index (κ1) is 29.4. The highest BCUT2D eigenvalue weighted by Crippen LogP contribution is 2.45. The molecule has 2 unspecified atom stereocenters. The molecule has 9 heteroatoms. The Morgan fingerprint density at radius 3 is 2.62 bits per heavy atom. The molecular weight excluding hydrogens is 511 g/mol. The molecule has 214 valence electrons. The Morgan fingerprint density at radius 1 is 1.25 bits per heavy atom. The van der Waals surface area contributed by atoms with Gasteiger partial charge in [-0.2, -0.15) is 5.10 Å². The summed E-state index contributed by atoms with van der Waals surface area (Å²) in [7, 11) is 0. The van der Waals surface area contributed by atoms with Gasteiger partial charge in [0, 0.05) is 28.5 Å². The SMILES string of the molecule is Cc1cc(C(C)c2ccc(C(=O)NCC(=O)N3[C@H](C4(C)C=C(F)C=CC4)CC[C@@H]3C(C)(C)O)cc2C)c(=O)[nH]n1. The summed E-state index contributed by atoms with van der Waals surface area (Å²) < 4.78 is 14.2. The molecular formula is C31H39FN4O4. The van der Waals surface area contributed by atoms with Gasteiger partial charge in [0.1, 0.15) is 5.83 Å². The molecule has 3 N–H and O–H groups in total. The quantitative estimate of drug-likeness (QED) is 0.478. The molecule has 1 aliphatic carbocycles. The van der Waals surface area contributed by atoms with E-state index in [0.29, 0.717) is 36.1 Å². The fourth-order valence-corrected chi connectivity index (χ4v) is 6.25. The van der Waals surface area contributed by atoms with Crippen LogP contribution in [0.25, 0.3) is 0 Å². The van der Waals surface area contributed by atoms with Gasteiger partial charge in [0.15, 0.2) is 0 Å². The topological polar surface area (TPSA) is 115 Å². The van der Waals surface area contributed by atoms with Gasteiger partial charge in [-0.25, -0.2) is 9.49 Å². The van der Waals surface area contributed by atoms with Crippen molar-refractivity contribution in [3.63, 3.8) is 0 Å². The minimum absolute atomic E-state index is 0.204. The lowest BCUT2D eigenvalue weighted by Gasteiger charge is -2.43. The first-order valence-electron chi connectivity index (χ1n) is 13.7. The normalized spacial score (nSPS) is 23.6. The second-order valence-electron chi connectivity index (χ2n) is 12.0. The molecule has 1 aromatic heterocycles. The van der Waals surface area contributed by atoms with Crippen LogP contribution in [0.15, 0.2) is 53.1 Å². The van der Waals surface area contributed by atoms with Crippen LogP contribution in [0.3, 0.4) is 0 Å². The first-order valence-corrected chi connectivity index (χ1v) is 13.7. The van der Waals surface area contributed by atoms with E-state index in [9.17, 15) is 23.9 Å². The standard InChI is InChI=1S/C31H39FN4O4/c1-18-14-21(9-10-23(18)20(3)24-15-19(2)34-35-29(24)39)28(38)33-17-27(37)36-25(30(4,5)40)11-12-26(36)31(6)13-7-8-22(32)16-31/h7-10,14-16,20,25-26,40H,11-13,17H2,1-6H3,(H,33,38)(H,35,39)/t20?,25-,26+,31?/m1/s1. The lowest BCUT2D eigenvalue weighted by molar-refractivity contribution is -0.140. The van der Waals surface area contributed by atoms with E-state index < -0.39 is 23.0 Å². The van der Waals surface area contributed by atoms with Crippen LogP contribution < -0.4 is 10.9 Å². The Morgan fingerprint density at radius 2 is 1.98 bits per heavy atom. The summed E-state index contributed by atoms with van der Waals surface area (Å²) in [5, 5.41) is 20.0. The number of aromatic nitrogens is 2. The van der Waals surface area contributed by atoms with Crippen molar-refractivity contribution in [2.24, 2.45) is 5.41 Å². The van der Waals surface area contributed by atoms with Gasteiger partial charge in [0.25, 0.3) is 11.5 Å². The van der Waals surface area contributed by atoms with Crippen LogP contribution in [0.4, 0.5) is 4.39 Å². The lowest BCUT2D eigenvalue weighted by Crippen LogP contribution is -2.56. The Bertz CT molecular complexity index is 1420. The maximum Gasteiger partial charge on any atom is 0.267 e. The van der Waals surface area contributed by atoms with E-state index in [2.05, 4.69) is 15.5 Å². The number of hydrogen-bond donors (Lipinski definition) is 3. The molecule has 4 atom stereocenters. The maximum absolute atomic E-state index is 14.2. The van der Waals surface area contributed by atoms with Crippen LogP contribution in [0.5, 0.6) is 0 Å². The summed E-state index contributed by atoms with van der Waals surface area (Å²) in [4.78, 5) is 40.6. The molecule has 0 radical (unpaired) electrons. The van der Waals surface area contributed by atoms with Gasteiger partial charge >= 0.3 is 0 Å². The van der Waals surface area contributed by atoms with Crippen molar-refractivity contribution >= 4 is 11.8 Å². The third-order valence-electron chi connectivity index (χ3n) is 8.38. The second kappa shape index (κ2) is 11.1. The third kappa shape index (κ3) is 5.94. The molecule has 4 rings (SSSR count). The Kier molecular flexibility index (Phi) is 8.17. The van der Waals surface area contributed by atoms with E-state index in [0.717, 1.165) is 11.1 Å². The van der Waals surface area contributed by atoms with Crippen molar-refractivity contribution in [3.05, 3.63) is 86.6 Å². The predicted octanol–water partition coefficient (Wildman–Crippen LogP) is 4.22. The number of aryl methyl sites for hydroxylation is 2. The Balaban J connectivity index is 1.50. The van der Waals surface area contributed by atoms with Gasteiger partial charge in [-0.05, 0) is 88.4 Å². The molecule has 2 amide bonds. The summed E-state index contributed by atoms with van der Waals surface area (Å²) >= 11 is 0. The largest absolute Gasteiger partial charge is 0.388 e. The number of likely N-dealkylation sites (tertiary alicyclic amines) is 1. The van der Waals surface area contributed by atoms with Gasteiger partial charge in [-0.1, -0.05) is 26.0 Å². The van der Waals surface area contributed by atoms with Crippen molar-refractivity contribution in [2.45, 2.75) is 84.4 Å². The van der Waals surface area contributed by atoms with Crippen molar-refractivity contribution in [3.8, 4) is 0 Å². The smallest absolute Gasteiger partial charge is 0.267 e. The molecule has 8 nitrogen and oxygen atoms in total. The zero-order valence-electron chi connectivity index (χ0n) is 24.0. The number of amides is 2. The highest BCUT2D eigenvalue weighted by atomic mass is 19.1. The van der Waals surface area contributed by atoms with Crippen molar-refractivity contribution in [1.82, 2.24) is 20.4 Å². The monoisotopic (exact) mass is 550 g/mol. The number of aromatic amines is 1. The number of hydrogen-bond acceptors (Lipinski definition) is 5. The number of H-pyrrole nitrogens is 1. The predicted molar refractivity (Wildman–Crippen MR) is 152 cm³/mol. The molecule has 0 spiro atoms. The molecule has 0 saturated carbocycles. The van der Waals surface area contributed by atoms with Crippen LogP contribution in [-0.4, -0.2) is 56.2 Å². The minimum atomic E-state index is -1.16. The van der Waals surface area contributed by atoms with E-state index in [4.69, 9.17) is 0 Å². The highest BCUT2D eigenvalue weighted by Gasteiger charge is 2.50. The zero-order chi connectivity index (χ0) is 29.4. The molecule has 1 aromatic carbocycles. The highest BCUT2D eigenvalue weighted by molar-refractivity contribution is 5.96. The second-order valence-corrected chi connectivity index (χ2v) is 12.0. The molecule has 2 aliphatic rings. The summed E-state index contributed by atoms with van der Waals surface area (Å²) in [6, 6.07) is 6.24. The fraction of sp³-hybridized carbons (Fsp3) is 0.484. The van der Waals surface area contributed by atoms with Crippen molar-refractivity contribution in [1.29, 1.82) is 0 Å². The summed E-state index contributed by atoms with van der Waals surface area (Å²) in [5.74, 6) is -1.26. The van der Waals surface area contributed by atoms with Gasteiger partial charge < -0.3 is 15.3 Å². The number of halogens is 1. The van der Waals surface area contributed by atoms with Crippen LogP contribution in [-0.2, 0) is 4.79 Å². The van der Waals surface area contributed by atoms with Crippen LogP contribution >= 0.6 is 0 Å². The first-order chi connectivity index (χ1) is 18.7. The number of nitrogens with zero attached hydrogens (tertiary/aromatic N) is 2. The van der Waals surface area contributed by atoms with Crippen molar-refractivity contribution < 1.29 is 19.1 Å². The van der Waals surface area contributed by atoms with Crippen LogP contribution in [0, 0.1) is 19.3 Å². The molecule has 0 bridgehead atoms. The third-order valence-corrected chi connectivity index (χ3v) is 8.38. The van der Waals surface area contributed by atoms with E-state index >= 15 is 0 Å². The van der Waals surface area contributed by atoms with Gasteiger partial charge in [0.05, 0.1) is 23.9 Å². The summed E-state index contributed by atoms with van der Waals surface area (Å²) in [6.07, 6.45) is 6.56. The molecule has 2 aromatic rings. The average molecular weight is 551 g/mol. The minimum Gasteiger partial charge on any atom is -0.388 e. The number of aliphatic hydroxyl groups is 1. The number of carbonyl (C=O) groups is 2. The fourth-order valence-electron chi connectivity index (χ4n) is 6.25. The average Bonchev–Trinajstić information content (AvgIpc) is 3.35. The van der Waals surface area contributed by atoms with Crippen LogP contribution in [0.1, 0.15) is 85.6 Å². The maximum atomic E-state index is 14.2. The summed E-state index contributed by atoms with van der Waals surface area (Å²) in [5.41, 5.74) is 1.43. The lowest BCUT2D eigenvalue weighted by atomic mass is 9.75. The van der Waals surface area contributed by atoms with E-state index in [-0.39, 0.29) is 35.8 Å². The van der Waals surface area contributed by atoms with Gasteiger partial charge in [-0.15, -0.1) is 0 Å².